The van der Waals surface area contributed by atoms with Crippen LogP contribution in [0.4, 0.5) is 10.2 Å². The average molecular weight is 375 g/mol. The third kappa shape index (κ3) is 3.56. The first-order valence-electron chi connectivity index (χ1n) is 5.48. The molecule has 0 unspecified atom stereocenters. The lowest BCUT2D eigenvalue weighted by Gasteiger charge is -2.08. The second kappa shape index (κ2) is 5.78. The number of nitrogens with one attached hydrogen (secondary N) is 1. The number of benzene rings is 1. The maximum atomic E-state index is 13.7. The molecule has 0 saturated heterocycles. The molecule has 110 valence electrons. The van der Waals surface area contributed by atoms with Gasteiger partial charge in [-0.15, -0.1) is 0 Å². The molecule has 9 heteroatoms. The van der Waals surface area contributed by atoms with Crippen LogP contribution in [-0.2, 0) is 10.0 Å². The molecule has 0 aliphatic rings. The highest BCUT2D eigenvalue weighted by molar-refractivity contribution is 9.10. The Hall–Kier alpha value is -2.00. The van der Waals surface area contributed by atoms with Crippen LogP contribution >= 0.6 is 15.9 Å². The molecular weight excluding hydrogens is 367 g/mol. The van der Waals surface area contributed by atoms with Gasteiger partial charge < -0.3 is 5.11 Å². The normalized spacial score (nSPS) is 11.1. The van der Waals surface area contributed by atoms with Gasteiger partial charge in [0.2, 0.25) is 0 Å². The quantitative estimate of drug-likeness (QED) is 0.856. The second-order valence-corrected chi connectivity index (χ2v) is 6.46. The Labute approximate surface area is 127 Å². The first kappa shape index (κ1) is 15.4. The van der Waals surface area contributed by atoms with Crippen LogP contribution in [0.3, 0.4) is 0 Å². The third-order valence-electron chi connectivity index (χ3n) is 2.39. The zero-order chi connectivity index (χ0) is 15.6. The fourth-order valence-electron chi connectivity index (χ4n) is 1.50. The van der Waals surface area contributed by atoms with Crippen molar-refractivity contribution in [2.24, 2.45) is 0 Å². The van der Waals surface area contributed by atoms with Crippen molar-refractivity contribution >= 4 is 37.7 Å². The number of halogens is 2. The summed E-state index contributed by atoms with van der Waals surface area (Å²) in [6, 6.07) is 7.27. The van der Waals surface area contributed by atoms with Crippen molar-refractivity contribution in [1.82, 2.24) is 4.98 Å². The van der Waals surface area contributed by atoms with Gasteiger partial charge in [0.1, 0.15) is 16.5 Å². The maximum Gasteiger partial charge on any atom is 0.354 e. The average Bonchev–Trinajstić information content (AvgIpc) is 2.37. The van der Waals surface area contributed by atoms with Crippen LogP contribution in [0, 0.1) is 5.82 Å². The Bertz CT molecular complexity index is 811. The van der Waals surface area contributed by atoms with E-state index < -0.39 is 26.7 Å². The SMILES string of the molecule is O=C(O)c1cccc(NS(=O)(=O)c2ccc(Br)cc2F)n1. The van der Waals surface area contributed by atoms with E-state index in [1.54, 1.807) is 0 Å². The van der Waals surface area contributed by atoms with Gasteiger partial charge in [-0.05, 0) is 30.3 Å². The summed E-state index contributed by atoms with van der Waals surface area (Å²) in [4.78, 5) is 13.8. The van der Waals surface area contributed by atoms with Crippen molar-refractivity contribution in [2.75, 3.05) is 4.72 Å². The van der Waals surface area contributed by atoms with E-state index >= 15 is 0 Å². The van der Waals surface area contributed by atoms with Crippen LogP contribution < -0.4 is 4.72 Å². The molecule has 1 aromatic heterocycles. The minimum atomic E-state index is -4.20. The number of aromatic carboxylic acids is 1. The molecule has 0 radical (unpaired) electrons. The van der Waals surface area contributed by atoms with Gasteiger partial charge >= 0.3 is 5.97 Å². The van der Waals surface area contributed by atoms with Gasteiger partial charge in [0.25, 0.3) is 10.0 Å². The molecule has 2 aromatic rings. The zero-order valence-corrected chi connectivity index (χ0v) is 12.6. The molecule has 0 bridgehead atoms. The van der Waals surface area contributed by atoms with Gasteiger partial charge in [-0.1, -0.05) is 22.0 Å². The van der Waals surface area contributed by atoms with Crippen LogP contribution in [0.2, 0.25) is 0 Å². The van der Waals surface area contributed by atoms with Gasteiger partial charge in [-0.2, -0.15) is 0 Å². The number of carboxylic acids is 1. The van der Waals surface area contributed by atoms with E-state index in [4.69, 9.17) is 5.11 Å². The van der Waals surface area contributed by atoms with Gasteiger partial charge in [0, 0.05) is 4.47 Å². The summed E-state index contributed by atoms with van der Waals surface area (Å²) < 4.78 is 40.2. The van der Waals surface area contributed by atoms with E-state index in [0.717, 1.165) is 12.1 Å². The number of pyridine rings is 1. The molecule has 2 rings (SSSR count). The van der Waals surface area contributed by atoms with Gasteiger partial charge in [0.15, 0.2) is 5.69 Å². The lowest BCUT2D eigenvalue weighted by molar-refractivity contribution is 0.0690. The van der Waals surface area contributed by atoms with E-state index in [1.807, 2.05) is 4.72 Å². The van der Waals surface area contributed by atoms with E-state index in [9.17, 15) is 17.6 Å². The van der Waals surface area contributed by atoms with Gasteiger partial charge in [-0.25, -0.2) is 22.6 Å². The number of carboxylic acid groups (broad SMARTS) is 1. The Morgan fingerprint density at radius 3 is 2.62 bits per heavy atom. The van der Waals surface area contributed by atoms with Crippen molar-refractivity contribution < 1.29 is 22.7 Å². The van der Waals surface area contributed by atoms with Crippen LogP contribution in [0.5, 0.6) is 0 Å². The highest BCUT2D eigenvalue weighted by Gasteiger charge is 2.20. The van der Waals surface area contributed by atoms with E-state index in [2.05, 4.69) is 20.9 Å². The fourth-order valence-corrected chi connectivity index (χ4v) is 2.89. The fraction of sp³-hybridized carbons (Fsp3) is 0. The summed E-state index contributed by atoms with van der Waals surface area (Å²) in [5.74, 6) is -2.45. The van der Waals surface area contributed by atoms with Crippen LogP contribution in [-0.4, -0.2) is 24.5 Å². The molecule has 0 fully saturated rings. The molecule has 0 spiro atoms. The van der Waals surface area contributed by atoms with Crippen molar-refractivity contribution in [3.8, 4) is 0 Å². The number of rotatable bonds is 4. The van der Waals surface area contributed by atoms with Crippen molar-refractivity contribution in [3.63, 3.8) is 0 Å². The Kier molecular flexibility index (Phi) is 4.24. The first-order valence-corrected chi connectivity index (χ1v) is 7.75. The van der Waals surface area contributed by atoms with E-state index in [0.29, 0.717) is 4.47 Å². The van der Waals surface area contributed by atoms with E-state index in [-0.39, 0.29) is 11.5 Å². The third-order valence-corrected chi connectivity index (χ3v) is 4.27. The number of carbonyl (C=O) groups is 1. The predicted octanol–water partition coefficient (Wildman–Crippen LogP) is 2.48. The smallest absolute Gasteiger partial charge is 0.354 e. The molecule has 0 aliphatic carbocycles. The first-order chi connectivity index (χ1) is 9.79. The zero-order valence-electron chi connectivity index (χ0n) is 10.2. The van der Waals surface area contributed by atoms with Crippen molar-refractivity contribution in [2.45, 2.75) is 4.90 Å². The number of hydrogen-bond acceptors (Lipinski definition) is 4. The topological polar surface area (TPSA) is 96.4 Å². The molecule has 0 amide bonds. The molecule has 1 aromatic carbocycles. The van der Waals surface area contributed by atoms with Crippen molar-refractivity contribution in [1.29, 1.82) is 0 Å². The summed E-state index contributed by atoms with van der Waals surface area (Å²) >= 11 is 3.02. The number of sulfonamides is 1. The molecule has 0 aliphatic heterocycles. The Morgan fingerprint density at radius 2 is 2.00 bits per heavy atom. The monoisotopic (exact) mass is 374 g/mol. The van der Waals surface area contributed by atoms with Gasteiger partial charge in [0.05, 0.1) is 0 Å². The summed E-state index contributed by atoms with van der Waals surface area (Å²) in [7, 11) is -4.20. The number of nitrogens with zero attached hydrogens (tertiary/aromatic N) is 1. The van der Waals surface area contributed by atoms with Crippen LogP contribution in [0.1, 0.15) is 10.5 Å². The predicted molar refractivity (Wildman–Crippen MR) is 76.1 cm³/mol. The lowest BCUT2D eigenvalue weighted by Crippen LogP contribution is -2.16. The number of hydrogen-bond donors (Lipinski definition) is 2. The Morgan fingerprint density at radius 1 is 1.29 bits per heavy atom. The molecule has 2 N–H and O–H groups in total. The van der Waals surface area contributed by atoms with Gasteiger partial charge in [-0.3, -0.25) is 4.72 Å². The van der Waals surface area contributed by atoms with Crippen molar-refractivity contribution in [3.05, 3.63) is 52.4 Å². The summed E-state index contributed by atoms with van der Waals surface area (Å²) in [6.07, 6.45) is 0. The van der Waals surface area contributed by atoms with Crippen LogP contribution in [0.15, 0.2) is 45.8 Å². The summed E-state index contributed by atoms with van der Waals surface area (Å²) in [6.45, 7) is 0. The summed E-state index contributed by atoms with van der Waals surface area (Å²) in [5.41, 5.74) is -0.327. The van der Waals surface area contributed by atoms with Crippen LogP contribution in [0.25, 0.3) is 0 Å². The maximum absolute atomic E-state index is 13.7. The molecule has 0 saturated carbocycles. The number of aromatic nitrogens is 1. The molecular formula is C12H8BrFN2O4S. The largest absolute Gasteiger partial charge is 0.477 e. The Balaban J connectivity index is 2.37. The number of anilines is 1. The minimum Gasteiger partial charge on any atom is -0.477 e. The summed E-state index contributed by atoms with van der Waals surface area (Å²) in [5, 5.41) is 8.79. The molecule has 21 heavy (non-hydrogen) atoms. The molecule has 6 nitrogen and oxygen atoms in total. The standard InChI is InChI=1S/C12H8BrFN2O4S/c13-7-4-5-10(8(14)6-7)21(19,20)16-11-3-1-2-9(15-11)12(17)18/h1-6H,(H,15,16)(H,17,18). The minimum absolute atomic E-state index is 0.211. The lowest BCUT2D eigenvalue weighted by atomic mass is 10.3. The highest BCUT2D eigenvalue weighted by Crippen LogP contribution is 2.21. The molecule has 1 heterocycles. The highest BCUT2D eigenvalue weighted by atomic mass is 79.9. The molecule has 0 atom stereocenters. The second-order valence-electron chi connectivity index (χ2n) is 3.89. The van der Waals surface area contributed by atoms with E-state index in [1.165, 1.54) is 24.3 Å².